The highest BCUT2D eigenvalue weighted by atomic mass is 19.1. The maximum absolute atomic E-state index is 13.3. The van der Waals surface area contributed by atoms with Crippen molar-refractivity contribution >= 4 is 29.1 Å². The second-order valence-corrected chi connectivity index (χ2v) is 5.19. The Morgan fingerprint density at radius 1 is 1.21 bits per heavy atom. The van der Waals surface area contributed by atoms with Gasteiger partial charge in [-0.1, -0.05) is 6.07 Å². The molecule has 0 spiro atoms. The zero-order chi connectivity index (χ0) is 17.3. The Morgan fingerprint density at radius 3 is 2.54 bits per heavy atom. The van der Waals surface area contributed by atoms with Crippen LogP contribution in [-0.2, 0) is 4.79 Å². The highest BCUT2D eigenvalue weighted by Gasteiger charge is 2.28. The molecule has 3 rings (SSSR count). The third kappa shape index (κ3) is 2.91. The first kappa shape index (κ1) is 15.5. The van der Waals surface area contributed by atoms with E-state index < -0.39 is 10.7 Å². The standard InChI is InChI=1S/C17H12FN3O3/c1-11-16(9-12-5-7-14(8-6-12)21(23)24)17(22)20(19-11)15-4-2-3-13(18)10-15/h2-10H,1H3/b16-9-. The Kier molecular flexibility index (Phi) is 3.91. The first-order chi connectivity index (χ1) is 11.5. The van der Waals surface area contributed by atoms with Gasteiger partial charge in [0.05, 0.1) is 21.9 Å². The number of anilines is 1. The molecule has 1 heterocycles. The zero-order valence-electron chi connectivity index (χ0n) is 12.6. The highest BCUT2D eigenvalue weighted by molar-refractivity contribution is 6.32. The molecule has 0 bridgehead atoms. The molecule has 0 N–H and O–H groups in total. The van der Waals surface area contributed by atoms with Crippen LogP contribution < -0.4 is 5.01 Å². The summed E-state index contributed by atoms with van der Waals surface area (Å²) in [7, 11) is 0. The first-order valence-electron chi connectivity index (χ1n) is 7.07. The van der Waals surface area contributed by atoms with Crippen molar-refractivity contribution in [1.29, 1.82) is 0 Å². The second kappa shape index (κ2) is 6.04. The zero-order valence-corrected chi connectivity index (χ0v) is 12.6. The second-order valence-electron chi connectivity index (χ2n) is 5.19. The minimum absolute atomic E-state index is 0.0262. The fourth-order valence-corrected chi connectivity index (χ4v) is 2.33. The van der Waals surface area contributed by atoms with Crippen molar-refractivity contribution in [3.05, 3.63) is 75.6 Å². The lowest BCUT2D eigenvalue weighted by Gasteiger charge is -2.11. The third-order valence-electron chi connectivity index (χ3n) is 3.53. The molecule has 1 aliphatic rings. The molecular formula is C17H12FN3O3. The van der Waals surface area contributed by atoms with Crippen LogP contribution in [0.25, 0.3) is 6.08 Å². The van der Waals surface area contributed by atoms with E-state index in [4.69, 9.17) is 0 Å². The Labute approximate surface area is 136 Å². The van der Waals surface area contributed by atoms with Crippen LogP contribution in [0.15, 0.2) is 59.2 Å². The average molecular weight is 325 g/mol. The number of hydrogen-bond acceptors (Lipinski definition) is 4. The van der Waals surface area contributed by atoms with Gasteiger partial charge in [-0.3, -0.25) is 14.9 Å². The quantitative estimate of drug-likeness (QED) is 0.492. The number of non-ortho nitro benzene ring substituents is 1. The van der Waals surface area contributed by atoms with Gasteiger partial charge < -0.3 is 0 Å². The predicted octanol–water partition coefficient (Wildman–Crippen LogP) is 3.54. The Morgan fingerprint density at radius 2 is 1.92 bits per heavy atom. The van der Waals surface area contributed by atoms with Crippen molar-refractivity contribution in [1.82, 2.24) is 0 Å². The van der Waals surface area contributed by atoms with E-state index in [1.54, 1.807) is 31.2 Å². The molecule has 6 nitrogen and oxygen atoms in total. The van der Waals surface area contributed by atoms with Gasteiger partial charge in [-0.2, -0.15) is 10.1 Å². The van der Waals surface area contributed by atoms with E-state index in [0.29, 0.717) is 22.5 Å². The fraction of sp³-hybridized carbons (Fsp3) is 0.0588. The highest BCUT2D eigenvalue weighted by Crippen LogP contribution is 2.25. The molecule has 0 saturated carbocycles. The number of carbonyl (C=O) groups is 1. The molecule has 0 unspecified atom stereocenters. The number of rotatable bonds is 3. The molecule has 0 aliphatic carbocycles. The van der Waals surface area contributed by atoms with Crippen molar-refractivity contribution in [2.75, 3.05) is 5.01 Å². The normalized spacial score (nSPS) is 15.8. The number of carbonyl (C=O) groups excluding carboxylic acids is 1. The van der Waals surface area contributed by atoms with Gasteiger partial charge in [-0.05, 0) is 48.9 Å². The number of nitrogens with zero attached hydrogens (tertiary/aromatic N) is 3. The molecule has 7 heteroatoms. The maximum atomic E-state index is 13.3. The maximum Gasteiger partial charge on any atom is 0.280 e. The smallest absolute Gasteiger partial charge is 0.267 e. The summed E-state index contributed by atoms with van der Waals surface area (Å²) in [6.07, 6.45) is 1.60. The minimum atomic E-state index is -0.490. The van der Waals surface area contributed by atoms with E-state index >= 15 is 0 Å². The van der Waals surface area contributed by atoms with Crippen LogP contribution in [0, 0.1) is 15.9 Å². The summed E-state index contributed by atoms with van der Waals surface area (Å²) in [5.41, 5.74) is 1.79. The summed E-state index contributed by atoms with van der Waals surface area (Å²) in [5, 5.41) is 16.0. The molecule has 0 aromatic heterocycles. The van der Waals surface area contributed by atoms with Crippen molar-refractivity contribution in [2.24, 2.45) is 5.10 Å². The number of halogens is 1. The van der Waals surface area contributed by atoms with Crippen molar-refractivity contribution in [3.8, 4) is 0 Å². The Bertz CT molecular complexity index is 888. The van der Waals surface area contributed by atoms with Crippen molar-refractivity contribution < 1.29 is 14.1 Å². The molecule has 2 aromatic carbocycles. The molecular weight excluding hydrogens is 313 g/mol. The molecule has 0 saturated heterocycles. The van der Waals surface area contributed by atoms with Gasteiger partial charge in [-0.25, -0.2) is 4.39 Å². The average Bonchev–Trinajstić information content (AvgIpc) is 2.83. The van der Waals surface area contributed by atoms with E-state index in [0.717, 1.165) is 5.01 Å². The fourth-order valence-electron chi connectivity index (χ4n) is 2.33. The SMILES string of the molecule is CC1=NN(c2cccc(F)c2)C(=O)/C1=C\c1ccc([N+](=O)[O-])cc1. The van der Waals surface area contributed by atoms with E-state index in [1.807, 2.05) is 0 Å². The number of hydrogen-bond donors (Lipinski definition) is 0. The largest absolute Gasteiger partial charge is 0.280 e. The van der Waals surface area contributed by atoms with Crippen molar-refractivity contribution in [2.45, 2.75) is 6.92 Å². The van der Waals surface area contributed by atoms with Gasteiger partial charge in [0.2, 0.25) is 0 Å². The number of benzene rings is 2. The molecule has 0 atom stereocenters. The van der Waals surface area contributed by atoms with Crippen LogP contribution in [0.1, 0.15) is 12.5 Å². The number of nitro groups is 1. The van der Waals surface area contributed by atoms with E-state index in [2.05, 4.69) is 5.10 Å². The van der Waals surface area contributed by atoms with E-state index in [-0.39, 0.29) is 11.6 Å². The Hall–Kier alpha value is -3.35. The summed E-state index contributed by atoms with van der Waals surface area (Å²) < 4.78 is 13.3. The molecule has 120 valence electrons. The van der Waals surface area contributed by atoms with E-state index in [9.17, 15) is 19.3 Å². The summed E-state index contributed by atoms with van der Waals surface area (Å²) in [6, 6.07) is 11.4. The van der Waals surface area contributed by atoms with Gasteiger partial charge in [-0.15, -0.1) is 0 Å². The lowest BCUT2D eigenvalue weighted by atomic mass is 10.1. The number of nitro benzene ring substituents is 1. The Balaban J connectivity index is 1.91. The van der Waals surface area contributed by atoms with Gasteiger partial charge in [0.15, 0.2) is 0 Å². The van der Waals surface area contributed by atoms with Crippen LogP contribution in [0.5, 0.6) is 0 Å². The summed E-state index contributed by atoms with van der Waals surface area (Å²) >= 11 is 0. The molecule has 2 aromatic rings. The number of hydrazone groups is 1. The predicted molar refractivity (Wildman–Crippen MR) is 88.1 cm³/mol. The minimum Gasteiger partial charge on any atom is -0.267 e. The van der Waals surface area contributed by atoms with Gasteiger partial charge in [0.25, 0.3) is 11.6 Å². The molecule has 0 fully saturated rings. The van der Waals surface area contributed by atoms with Gasteiger partial charge in [0.1, 0.15) is 5.82 Å². The van der Waals surface area contributed by atoms with Crippen LogP contribution in [0.3, 0.4) is 0 Å². The number of amides is 1. The molecule has 1 amide bonds. The molecule has 1 aliphatic heterocycles. The van der Waals surface area contributed by atoms with Gasteiger partial charge >= 0.3 is 0 Å². The van der Waals surface area contributed by atoms with Gasteiger partial charge in [0, 0.05) is 12.1 Å². The molecule has 24 heavy (non-hydrogen) atoms. The van der Waals surface area contributed by atoms with Crippen LogP contribution >= 0.6 is 0 Å². The van der Waals surface area contributed by atoms with Crippen molar-refractivity contribution in [3.63, 3.8) is 0 Å². The summed E-state index contributed by atoms with van der Waals surface area (Å²) in [4.78, 5) is 22.7. The van der Waals surface area contributed by atoms with Crippen LogP contribution in [0.4, 0.5) is 15.8 Å². The topological polar surface area (TPSA) is 75.8 Å². The summed E-state index contributed by atoms with van der Waals surface area (Å²) in [6.45, 7) is 1.68. The van der Waals surface area contributed by atoms with Crippen LogP contribution in [-0.4, -0.2) is 16.5 Å². The summed E-state index contributed by atoms with van der Waals surface area (Å²) in [5.74, 6) is -0.836. The monoisotopic (exact) mass is 325 g/mol. The van der Waals surface area contributed by atoms with Crippen LogP contribution in [0.2, 0.25) is 0 Å². The lowest BCUT2D eigenvalue weighted by molar-refractivity contribution is -0.384. The van der Waals surface area contributed by atoms with E-state index in [1.165, 1.54) is 30.3 Å². The lowest BCUT2D eigenvalue weighted by Crippen LogP contribution is -2.21. The molecule has 0 radical (unpaired) electrons. The third-order valence-corrected chi connectivity index (χ3v) is 3.53. The first-order valence-corrected chi connectivity index (χ1v) is 7.07.